The maximum Gasteiger partial charge on any atom is 0.332 e. The Morgan fingerprint density at radius 1 is 1.29 bits per heavy atom. The summed E-state index contributed by atoms with van der Waals surface area (Å²) in [7, 11) is 2.87. The lowest BCUT2D eigenvalue weighted by Gasteiger charge is -2.15. The minimum Gasteiger partial charge on any atom is -0.315 e. The molecule has 0 radical (unpaired) electrons. The lowest BCUT2D eigenvalue weighted by atomic mass is 10.3. The van der Waals surface area contributed by atoms with Gasteiger partial charge in [0, 0.05) is 20.6 Å². The molecule has 0 spiro atoms. The fraction of sp³-hybridized carbons (Fsp3) is 0.500. The van der Waals surface area contributed by atoms with Crippen LogP contribution in [0.15, 0.2) is 21.0 Å². The Labute approximate surface area is 164 Å². The van der Waals surface area contributed by atoms with E-state index < -0.39 is 17.2 Å². The molecule has 0 unspecified atom stereocenters. The van der Waals surface area contributed by atoms with E-state index in [2.05, 4.69) is 15.5 Å². The fourth-order valence-corrected chi connectivity index (χ4v) is 3.70. The van der Waals surface area contributed by atoms with Crippen molar-refractivity contribution in [2.45, 2.75) is 26.3 Å². The molecule has 11 nitrogen and oxygen atoms in total. The topological polar surface area (TPSA) is 124 Å². The molecule has 0 aliphatic carbocycles. The summed E-state index contributed by atoms with van der Waals surface area (Å²) < 4.78 is 3.58. The van der Waals surface area contributed by atoms with Crippen LogP contribution in [0.3, 0.4) is 0 Å². The molecule has 1 fully saturated rings. The lowest BCUT2D eigenvalue weighted by Crippen LogP contribution is -2.38. The van der Waals surface area contributed by atoms with Crippen LogP contribution in [0.2, 0.25) is 0 Å². The zero-order valence-electron chi connectivity index (χ0n) is 15.8. The number of fused-ring (bicyclic) bond motifs is 1. The number of aromatic nitrogens is 4. The molecular formula is C16H21N7O4S. The first-order chi connectivity index (χ1) is 13.3. The molecule has 0 atom stereocenters. The van der Waals surface area contributed by atoms with E-state index in [1.807, 2.05) is 6.92 Å². The van der Waals surface area contributed by atoms with Crippen molar-refractivity contribution in [3.63, 3.8) is 0 Å². The predicted molar refractivity (Wildman–Crippen MR) is 105 cm³/mol. The van der Waals surface area contributed by atoms with Gasteiger partial charge in [0.05, 0.1) is 12.1 Å². The standard InChI is InChI=1S/C16H21N7O4S/c1-4-5-6-23-11(25)8-28-15(23)19-18-10(24)7-22-9-17-13-12(22)14(26)21(3)16(27)20(13)2/h9H,4-8H2,1-3H3,(H,18,24)/b19-15+. The van der Waals surface area contributed by atoms with Crippen molar-refractivity contribution >= 4 is 39.9 Å². The Morgan fingerprint density at radius 2 is 2.04 bits per heavy atom. The molecular weight excluding hydrogens is 386 g/mol. The highest BCUT2D eigenvalue weighted by Crippen LogP contribution is 2.19. The summed E-state index contributed by atoms with van der Waals surface area (Å²) in [6, 6.07) is 0. The van der Waals surface area contributed by atoms with Gasteiger partial charge in [-0.15, -0.1) is 5.10 Å². The molecule has 1 N–H and O–H groups in total. The average Bonchev–Trinajstić information content (AvgIpc) is 3.25. The van der Waals surface area contributed by atoms with E-state index in [9.17, 15) is 19.2 Å². The van der Waals surface area contributed by atoms with Crippen LogP contribution in [-0.2, 0) is 30.2 Å². The summed E-state index contributed by atoms with van der Waals surface area (Å²) in [5.41, 5.74) is 1.76. The SMILES string of the molecule is CCCCN1C(=O)CS/C1=N/NC(=O)Cn1cnc2c1c(=O)n(C)c(=O)n2C. The monoisotopic (exact) mass is 407 g/mol. The maximum absolute atomic E-state index is 12.4. The summed E-state index contributed by atoms with van der Waals surface area (Å²) in [6.45, 7) is 2.39. The summed E-state index contributed by atoms with van der Waals surface area (Å²) in [5.74, 6) is -0.205. The van der Waals surface area contributed by atoms with E-state index in [4.69, 9.17) is 0 Å². The molecule has 1 aliphatic rings. The highest BCUT2D eigenvalue weighted by atomic mass is 32.2. The van der Waals surface area contributed by atoms with Gasteiger partial charge >= 0.3 is 5.69 Å². The van der Waals surface area contributed by atoms with Crippen LogP contribution >= 0.6 is 11.8 Å². The van der Waals surface area contributed by atoms with E-state index in [-0.39, 0.29) is 23.6 Å². The fourth-order valence-electron chi connectivity index (χ4n) is 2.84. The number of hydrazone groups is 1. The van der Waals surface area contributed by atoms with Crippen LogP contribution in [0.4, 0.5) is 0 Å². The number of amidine groups is 1. The molecule has 1 aliphatic heterocycles. The van der Waals surface area contributed by atoms with Gasteiger partial charge in [0.15, 0.2) is 16.3 Å². The van der Waals surface area contributed by atoms with Gasteiger partial charge in [-0.05, 0) is 6.42 Å². The Hall–Kier alpha value is -2.89. The van der Waals surface area contributed by atoms with Gasteiger partial charge in [0.25, 0.3) is 11.5 Å². The van der Waals surface area contributed by atoms with Gasteiger partial charge in [-0.3, -0.25) is 28.4 Å². The second-order valence-electron chi connectivity index (χ2n) is 6.37. The smallest absolute Gasteiger partial charge is 0.315 e. The van der Waals surface area contributed by atoms with Crippen molar-refractivity contribution in [1.82, 2.24) is 29.0 Å². The number of nitrogens with zero attached hydrogens (tertiary/aromatic N) is 6. The number of imidazole rings is 1. The largest absolute Gasteiger partial charge is 0.332 e. The second-order valence-corrected chi connectivity index (χ2v) is 7.31. The molecule has 0 bridgehead atoms. The minimum absolute atomic E-state index is 0.0310. The number of carbonyl (C=O) groups is 2. The normalized spacial score (nSPS) is 15.8. The van der Waals surface area contributed by atoms with Crippen molar-refractivity contribution in [1.29, 1.82) is 0 Å². The molecule has 0 saturated carbocycles. The van der Waals surface area contributed by atoms with Crippen LogP contribution in [0, 0.1) is 0 Å². The number of thioether (sulfide) groups is 1. The van der Waals surface area contributed by atoms with E-state index in [0.717, 1.165) is 17.4 Å². The first-order valence-electron chi connectivity index (χ1n) is 8.75. The van der Waals surface area contributed by atoms with Gasteiger partial charge in [0.1, 0.15) is 6.54 Å². The Kier molecular flexibility index (Phi) is 5.68. The van der Waals surface area contributed by atoms with Crippen LogP contribution in [-0.4, -0.2) is 52.9 Å². The molecule has 3 rings (SSSR count). The molecule has 2 aromatic heterocycles. The summed E-state index contributed by atoms with van der Waals surface area (Å²) in [6.07, 6.45) is 3.13. The highest BCUT2D eigenvalue weighted by Gasteiger charge is 2.27. The Morgan fingerprint density at radius 3 is 2.75 bits per heavy atom. The van der Waals surface area contributed by atoms with Crippen molar-refractivity contribution in [2.75, 3.05) is 12.3 Å². The number of nitrogens with one attached hydrogen (secondary N) is 1. The second kappa shape index (κ2) is 8.00. The first kappa shape index (κ1) is 19.9. The highest BCUT2D eigenvalue weighted by molar-refractivity contribution is 8.15. The van der Waals surface area contributed by atoms with Crippen molar-refractivity contribution in [2.24, 2.45) is 19.2 Å². The average molecular weight is 407 g/mol. The van der Waals surface area contributed by atoms with Crippen molar-refractivity contribution in [3.8, 4) is 0 Å². The number of unbranched alkanes of at least 4 members (excludes halogenated alkanes) is 1. The number of aryl methyl sites for hydroxylation is 1. The van der Waals surface area contributed by atoms with E-state index in [1.54, 1.807) is 4.90 Å². The molecule has 150 valence electrons. The van der Waals surface area contributed by atoms with Gasteiger partial charge < -0.3 is 4.57 Å². The summed E-state index contributed by atoms with van der Waals surface area (Å²) in [5, 5.41) is 4.51. The third-order valence-corrected chi connectivity index (χ3v) is 5.36. The Bertz CT molecular complexity index is 1080. The van der Waals surface area contributed by atoms with Gasteiger partial charge in [-0.25, -0.2) is 15.2 Å². The molecule has 2 amide bonds. The van der Waals surface area contributed by atoms with Crippen molar-refractivity contribution in [3.05, 3.63) is 27.2 Å². The predicted octanol–water partition coefficient (Wildman–Crippen LogP) is -0.804. The summed E-state index contributed by atoms with van der Waals surface area (Å²) in [4.78, 5) is 54.2. The maximum atomic E-state index is 12.4. The number of hydrogen-bond donors (Lipinski definition) is 1. The number of rotatable bonds is 6. The van der Waals surface area contributed by atoms with E-state index in [1.165, 1.54) is 41.3 Å². The molecule has 1 saturated heterocycles. The van der Waals surface area contributed by atoms with Crippen LogP contribution in [0.25, 0.3) is 11.2 Å². The first-order valence-corrected chi connectivity index (χ1v) is 9.74. The third-order valence-electron chi connectivity index (χ3n) is 4.40. The van der Waals surface area contributed by atoms with Crippen LogP contribution < -0.4 is 16.7 Å². The van der Waals surface area contributed by atoms with E-state index >= 15 is 0 Å². The van der Waals surface area contributed by atoms with Gasteiger partial charge in [0.2, 0.25) is 5.91 Å². The molecule has 3 heterocycles. The van der Waals surface area contributed by atoms with Crippen LogP contribution in [0.5, 0.6) is 0 Å². The van der Waals surface area contributed by atoms with Crippen molar-refractivity contribution < 1.29 is 9.59 Å². The van der Waals surface area contributed by atoms with E-state index in [0.29, 0.717) is 17.5 Å². The van der Waals surface area contributed by atoms with Gasteiger partial charge in [-0.1, -0.05) is 25.1 Å². The Balaban J connectivity index is 1.78. The van der Waals surface area contributed by atoms with Gasteiger partial charge in [-0.2, -0.15) is 0 Å². The minimum atomic E-state index is -0.530. The zero-order valence-corrected chi connectivity index (χ0v) is 16.7. The number of carbonyl (C=O) groups excluding carboxylic acids is 2. The zero-order chi connectivity index (χ0) is 20.4. The van der Waals surface area contributed by atoms with Crippen LogP contribution in [0.1, 0.15) is 19.8 Å². The number of hydrogen-bond acceptors (Lipinski definition) is 7. The third kappa shape index (κ3) is 3.59. The lowest BCUT2D eigenvalue weighted by molar-refractivity contribution is -0.124. The summed E-state index contributed by atoms with van der Waals surface area (Å²) >= 11 is 1.27. The quantitative estimate of drug-likeness (QED) is 0.625. The molecule has 2 aromatic rings. The molecule has 0 aromatic carbocycles. The molecule has 12 heteroatoms. The number of amides is 2. The molecule has 28 heavy (non-hydrogen) atoms.